The zero-order valence-electron chi connectivity index (χ0n) is 13.9. The summed E-state index contributed by atoms with van der Waals surface area (Å²) < 4.78 is 20.4. The molecule has 1 N–H and O–H groups in total. The highest BCUT2D eigenvalue weighted by molar-refractivity contribution is 5.71. The van der Waals surface area contributed by atoms with Gasteiger partial charge >= 0.3 is 12.1 Å². The van der Waals surface area contributed by atoms with Crippen molar-refractivity contribution >= 4 is 12.1 Å². The predicted molar refractivity (Wildman–Crippen MR) is 83.7 cm³/mol. The van der Waals surface area contributed by atoms with Crippen LogP contribution in [0.4, 0.5) is 4.79 Å². The topological polar surface area (TPSA) is 83.1 Å². The molecule has 23 heavy (non-hydrogen) atoms. The van der Waals surface area contributed by atoms with E-state index in [9.17, 15) is 9.59 Å². The van der Waals surface area contributed by atoms with Crippen LogP contribution in [-0.4, -0.2) is 44.5 Å². The van der Waals surface area contributed by atoms with Gasteiger partial charge in [-0.2, -0.15) is 0 Å². The first-order valence-corrected chi connectivity index (χ1v) is 7.20. The standard InChI is InChI=1S/C16H23NO6/c1-16(2,3)23-15(19)17-9-10-21-14(18)11-22-13-8-6-5-7-12(13)20-4/h5-8H,9-11H2,1-4H3,(H,17,19). The van der Waals surface area contributed by atoms with E-state index in [1.165, 1.54) is 7.11 Å². The number of benzene rings is 1. The number of ether oxygens (including phenoxy) is 4. The molecule has 1 amide bonds. The normalized spacial score (nSPS) is 10.6. The van der Waals surface area contributed by atoms with Gasteiger partial charge < -0.3 is 24.3 Å². The lowest BCUT2D eigenvalue weighted by molar-refractivity contribution is -0.145. The van der Waals surface area contributed by atoms with E-state index < -0.39 is 17.7 Å². The summed E-state index contributed by atoms with van der Waals surface area (Å²) in [6.45, 7) is 5.25. The van der Waals surface area contributed by atoms with Crippen molar-refractivity contribution in [2.45, 2.75) is 26.4 Å². The summed E-state index contributed by atoms with van der Waals surface area (Å²) in [5.74, 6) is 0.451. The van der Waals surface area contributed by atoms with Crippen LogP contribution in [0.3, 0.4) is 0 Å². The fourth-order valence-corrected chi connectivity index (χ4v) is 1.55. The molecule has 0 aliphatic heterocycles. The van der Waals surface area contributed by atoms with Gasteiger partial charge in [-0.3, -0.25) is 0 Å². The van der Waals surface area contributed by atoms with E-state index in [1.807, 2.05) is 0 Å². The van der Waals surface area contributed by atoms with Gasteiger partial charge in [-0.15, -0.1) is 0 Å². The van der Waals surface area contributed by atoms with E-state index in [2.05, 4.69) is 5.32 Å². The van der Waals surface area contributed by atoms with Crippen LogP contribution in [0.15, 0.2) is 24.3 Å². The van der Waals surface area contributed by atoms with E-state index in [0.717, 1.165) is 0 Å². The molecule has 7 nitrogen and oxygen atoms in total. The first-order valence-electron chi connectivity index (χ1n) is 7.20. The Bertz CT molecular complexity index is 524. The van der Waals surface area contributed by atoms with Crippen LogP contribution in [0.5, 0.6) is 11.5 Å². The number of carbonyl (C=O) groups excluding carboxylic acids is 2. The van der Waals surface area contributed by atoms with Gasteiger partial charge in [-0.25, -0.2) is 9.59 Å². The van der Waals surface area contributed by atoms with E-state index in [-0.39, 0.29) is 19.8 Å². The lowest BCUT2D eigenvalue weighted by atomic mass is 10.2. The zero-order chi connectivity index (χ0) is 17.3. The maximum Gasteiger partial charge on any atom is 0.407 e. The molecule has 0 unspecified atom stereocenters. The van der Waals surface area contributed by atoms with Gasteiger partial charge in [0.2, 0.25) is 0 Å². The number of rotatable bonds is 7. The Labute approximate surface area is 135 Å². The molecule has 0 saturated carbocycles. The second-order valence-electron chi connectivity index (χ2n) is 5.59. The Morgan fingerprint density at radius 3 is 2.39 bits per heavy atom. The predicted octanol–water partition coefficient (Wildman–Crippen LogP) is 2.14. The Balaban J connectivity index is 2.21. The summed E-state index contributed by atoms with van der Waals surface area (Å²) in [6.07, 6.45) is -0.557. The van der Waals surface area contributed by atoms with Gasteiger partial charge in [0.05, 0.1) is 13.7 Å². The SMILES string of the molecule is COc1ccccc1OCC(=O)OCCNC(=O)OC(C)(C)C. The van der Waals surface area contributed by atoms with Crippen molar-refractivity contribution in [1.82, 2.24) is 5.32 Å². The molecule has 0 fully saturated rings. The third-order valence-corrected chi connectivity index (χ3v) is 2.45. The lowest BCUT2D eigenvalue weighted by Gasteiger charge is -2.19. The smallest absolute Gasteiger partial charge is 0.407 e. The molecule has 1 rings (SSSR count). The Morgan fingerprint density at radius 2 is 1.78 bits per heavy atom. The van der Waals surface area contributed by atoms with Crippen LogP contribution < -0.4 is 14.8 Å². The van der Waals surface area contributed by atoms with Gasteiger partial charge in [0.1, 0.15) is 12.2 Å². The molecule has 0 aromatic heterocycles. The molecule has 0 saturated heterocycles. The minimum atomic E-state index is -0.566. The summed E-state index contributed by atoms with van der Waals surface area (Å²) in [6, 6.07) is 6.99. The molecule has 0 radical (unpaired) electrons. The van der Waals surface area contributed by atoms with E-state index in [1.54, 1.807) is 45.0 Å². The number of esters is 1. The van der Waals surface area contributed by atoms with Crippen LogP contribution >= 0.6 is 0 Å². The first-order chi connectivity index (χ1) is 10.8. The molecule has 0 spiro atoms. The molecule has 0 atom stereocenters. The van der Waals surface area contributed by atoms with Gasteiger partial charge in [0, 0.05) is 0 Å². The number of amides is 1. The minimum absolute atomic E-state index is 0.0351. The van der Waals surface area contributed by atoms with Crippen molar-refractivity contribution in [3.05, 3.63) is 24.3 Å². The van der Waals surface area contributed by atoms with Gasteiger partial charge in [0.25, 0.3) is 0 Å². The van der Waals surface area contributed by atoms with Crippen molar-refractivity contribution in [2.24, 2.45) is 0 Å². The van der Waals surface area contributed by atoms with Crippen molar-refractivity contribution in [3.63, 3.8) is 0 Å². The molecule has 1 aromatic carbocycles. The number of alkyl carbamates (subject to hydrolysis) is 1. The number of para-hydroxylation sites is 2. The van der Waals surface area contributed by atoms with E-state index in [0.29, 0.717) is 11.5 Å². The maximum atomic E-state index is 11.6. The Morgan fingerprint density at radius 1 is 1.13 bits per heavy atom. The molecule has 0 bridgehead atoms. The summed E-state index contributed by atoms with van der Waals surface area (Å²) in [7, 11) is 1.52. The van der Waals surface area contributed by atoms with Crippen molar-refractivity contribution in [2.75, 3.05) is 26.9 Å². The Hall–Kier alpha value is -2.44. The minimum Gasteiger partial charge on any atom is -0.493 e. The highest BCUT2D eigenvalue weighted by atomic mass is 16.6. The first kappa shape index (κ1) is 18.6. The molecule has 0 heterocycles. The van der Waals surface area contributed by atoms with E-state index in [4.69, 9.17) is 18.9 Å². The molecule has 0 aliphatic rings. The third-order valence-electron chi connectivity index (χ3n) is 2.45. The zero-order valence-corrected chi connectivity index (χ0v) is 13.9. The maximum absolute atomic E-state index is 11.6. The van der Waals surface area contributed by atoms with Crippen molar-refractivity contribution < 1.29 is 28.5 Å². The number of methoxy groups -OCH3 is 1. The number of hydrogen-bond acceptors (Lipinski definition) is 6. The molecule has 7 heteroatoms. The van der Waals surface area contributed by atoms with Crippen LogP contribution in [0.1, 0.15) is 20.8 Å². The summed E-state index contributed by atoms with van der Waals surface area (Å²) in [4.78, 5) is 22.9. The number of nitrogens with one attached hydrogen (secondary N) is 1. The fraction of sp³-hybridized carbons (Fsp3) is 0.500. The highest BCUT2D eigenvalue weighted by Crippen LogP contribution is 2.25. The molecule has 0 aliphatic carbocycles. The van der Waals surface area contributed by atoms with Gasteiger partial charge in [0.15, 0.2) is 18.1 Å². The summed E-state index contributed by atoms with van der Waals surface area (Å²) in [5, 5.41) is 2.49. The average Bonchev–Trinajstić information content (AvgIpc) is 2.48. The van der Waals surface area contributed by atoms with Crippen LogP contribution in [0.25, 0.3) is 0 Å². The molecule has 128 valence electrons. The van der Waals surface area contributed by atoms with E-state index >= 15 is 0 Å². The molecule has 1 aromatic rings. The average molecular weight is 325 g/mol. The van der Waals surface area contributed by atoms with Crippen molar-refractivity contribution in [1.29, 1.82) is 0 Å². The van der Waals surface area contributed by atoms with Crippen LogP contribution in [0.2, 0.25) is 0 Å². The monoisotopic (exact) mass is 325 g/mol. The molecular weight excluding hydrogens is 302 g/mol. The summed E-state index contributed by atoms with van der Waals surface area (Å²) >= 11 is 0. The van der Waals surface area contributed by atoms with Crippen molar-refractivity contribution in [3.8, 4) is 11.5 Å². The number of carbonyl (C=O) groups is 2. The van der Waals surface area contributed by atoms with Gasteiger partial charge in [-0.1, -0.05) is 12.1 Å². The second-order valence-corrected chi connectivity index (χ2v) is 5.59. The number of hydrogen-bond donors (Lipinski definition) is 1. The lowest BCUT2D eigenvalue weighted by Crippen LogP contribution is -2.34. The Kier molecular flexibility index (Phi) is 7.18. The highest BCUT2D eigenvalue weighted by Gasteiger charge is 2.15. The fourth-order valence-electron chi connectivity index (χ4n) is 1.55. The van der Waals surface area contributed by atoms with Crippen LogP contribution in [-0.2, 0) is 14.3 Å². The third kappa shape index (κ3) is 7.94. The largest absolute Gasteiger partial charge is 0.493 e. The second kappa shape index (κ2) is 8.87. The molecular formula is C16H23NO6. The van der Waals surface area contributed by atoms with Crippen LogP contribution in [0, 0.1) is 0 Å². The summed E-state index contributed by atoms with van der Waals surface area (Å²) in [5.41, 5.74) is -0.566. The quantitative estimate of drug-likeness (QED) is 0.611. The van der Waals surface area contributed by atoms with Gasteiger partial charge in [-0.05, 0) is 32.9 Å².